The van der Waals surface area contributed by atoms with Gasteiger partial charge in [0.15, 0.2) is 5.78 Å². The smallest absolute Gasteiger partial charge is 0.324 e. The molecule has 4 heterocycles. The molecule has 0 spiro atoms. The van der Waals surface area contributed by atoms with Crippen LogP contribution in [0.3, 0.4) is 0 Å². The van der Waals surface area contributed by atoms with Crippen LogP contribution in [0.1, 0.15) is 24.5 Å². The van der Waals surface area contributed by atoms with Gasteiger partial charge in [-0.2, -0.15) is 0 Å². The fourth-order valence-electron chi connectivity index (χ4n) is 7.49. The number of likely N-dealkylation sites (N-methyl/N-ethyl adjacent to an activating group) is 1. The van der Waals surface area contributed by atoms with E-state index in [2.05, 4.69) is 14.5 Å². The van der Waals surface area contributed by atoms with Gasteiger partial charge in [0.05, 0.1) is 29.1 Å². The highest BCUT2D eigenvalue weighted by Crippen LogP contribution is 2.44. The van der Waals surface area contributed by atoms with E-state index in [1.165, 1.54) is 36.1 Å². The van der Waals surface area contributed by atoms with Crippen LogP contribution in [0.5, 0.6) is 0 Å². The highest BCUT2D eigenvalue weighted by molar-refractivity contribution is 6.41. The normalized spacial score (nSPS) is 21.4. The summed E-state index contributed by atoms with van der Waals surface area (Å²) in [6.45, 7) is 1.78. The first kappa shape index (κ1) is 28.6. The van der Waals surface area contributed by atoms with Gasteiger partial charge in [-0.3, -0.25) is 24.1 Å². The summed E-state index contributed by atoms with van der Waals surface area (Å²) >= 11 is 0. The van der Waals surface area contributed by atoms with Crippen LogP contribution >= 0.6 is 0 Å². The number of nitrogens with one attached hydrogen (secondary N) is 1. The number of allylic oxidation sites excluding steroid dienone is 2. The Labute approximate surface area is 256 Å². The van der Waals surface area contributed by atoms with Gasteiger partial charge in [0.2, 0.25) is 0 Å². The van der Waals surface area contributed by atoms with E-state index in [-0.39, 0.29) is 17.3 Å². The van der Waals surface area contributed by atoms with E-state index in [0.29, 0.717) is 40.7 Å². The number of aliphatic imine (C=N–C) groups is 1. The lowest BCUT2D eigenvalue weighted by Gasteiger charge is -2.47. The third-order valence-corrected chi connectivity index (χ3v) is 9.71. The molecular formula is C34H29FN4O6. The molecule has 45 heavy (non-hydrogen) atoms. The molecule has 3 N–H and O–H groups in total. The van der Waals surface area contributed by atoms with E-state index in [0.717, 1.165) is 16.5 Å². The van der Waals surface area contributed by atoms with Gasteiger partial charge in [-0.1, -0.05) is 18.2 Å². The number of carbonyl (C=O) groups excluding carboxylic acids is 2. The van der Waals surface area contributed by atoms with E-state index < -0.39 is 47.6 Å². The molecule has 7 rings (SSSR count). The quantitative estimate of drug-likeness (QED) is 0.271. The molecule has 2 aromatic carbocycles. The Kier molecular flexibility index (Phi) is 6.48. The molecule has 0 radical (unpaired) electrons. The number of H-pyrrole nitrogens is 1. The predicted octanol–water partition coefficient (Wildman–Crippen LogP) is 4.24. The van der Waals surface area contributed by atoms with E-state index in [9.17, 15) is 33.8 Å². The molecule has 0 saturated heterocycles. The number of hydrogen-bond acceptors (Lipinski definition) is 5. The van der Waals surface area contributed by atoms with Crippen molar-refractivity contribution in [3.05, 3.63) is 89.5 Å². The van der Waals surface area contributed by atoms with Crippen molar-refractivity contribution in [3.8, 4) is 0 Å². The van der Waals surface area contributed by atoms with Gasteiger partial charge in [0.1, 0.15) is 11.4 Å². The van der Waals surface area contributed by atoms with E-state index in [1.807, 2.05) is 30.5 Å². The minimum absolute atomic E-state index is 0.179. The first-order valence-electron chi connectivity index (χ1n) is 14.6. The molecule has 2 aromatic heterocycles. The van der Waals surface area contributed by atoms with E-state index in [4.69, 9.17) is 0 Å². The van der Waals surface area contributed by atoms with Crippen molar-refractivity contribution in [2.75, 3.05) is 7.05 Å². The van der Waals surface area contributed by atoms with Gasteiger partial charge in [0, 0.05) is 47.0 Å². The molecule has 10 nitrogen and oxygen atoms in total. The highest BCUT2D eigenvalue weighted by atomic mass is 19.1. The van der Waals surface area contributed by atoms with Crippen molar-refractivity contribution in [3.63, 3.8) is 0 Å². The summed E-state index contributed by atoms with van der Waals surface area (Å²) in [6.07, 6.45) is 6.15. The van der Waals surface area contributed by atoms with Crippen molar-refractivity contribution >= 4 is 56.7 Å². The van der Waals surface area contributed by atoms with Gasteiger partial charge in [-0.25, -0.2) is 9.38 Å². The number of nitrogens with zero attached hydrogens (tertiary/aromatic N) is 3. The summed E-state index contributed by atoms with van der Waals surface area (Å²) in [7, 11) is 1.54. The Bertz CT molecular complexity index is 2070. The van der Waals surface area contributed by atoms with E-state index in [1.54, 1.807) is 19.3 Å². The number of rotatable bonds is 8. The molecule has 1 aliphatic carbocycles. The Morgan fingerprint density at radius 3 is 2.73 bits per heavy atom. The van der Waals surface area contributed by atoms with Crippen molar-refractivity contribution in [2.24, 2.45) is 16.8 Å². The summed E-state index contributed by atoms with van der Waals surface area (Å²) in [5.74, 6) is -5.44. The van der Waals surface area contributed by atoms with Crippen molar-refractivity contribution in [2.45, 2.75) is 37.9 Å². The van der Waals surface area contributed by atoms with Crippen molar-refractivity contribution in [1.82, 2.24) is 14.5 Å². The second-order valence-electron chi connectivity index (χ2n) is 12.2. The fourth-order valence-corrected chi connectivity index (χ4v) is 7.49. The van der Waals surface area contributed by atoms with Crippen molar-refractivity contribution in [1.29, 1.82) is 0 Å². The van der Waals surface area contributed by atoms with E-state index >= 15 is 0 Å². The molecular weight excluding hydrogens is 579 g/mol. The number of carboxylic acids is 2. The number of carbonyl (C=O) groups is 4. The Hall–Kier alpha value is -5.16. The third-order valence-electron chi connectivity index (χ3n) is 9.71. The number of halogens is 1. The fraction of sp³-hybridized carbons (Fsp3) is 0.265. The second kappa shape index (κ2) is 10.2. The molecule has 2 aliphatic heterocycles. The SMILES string of the molecule is CN(C(C1Cc2cccc3ccn(c23)C1)C1C(=O)C=CC2=NC(=O)C(c3c[nH]c4cc(F)ccc34)=C21)[C@@](C)(CC(=O)O)C(=O)O. The maximum Gasteiger partial charge on any atom is 0.324 e. The largest absolute Gasteiger partial charge is 0.481 e. The predicted molar refractivity (Wildman–Crippen MR) is 164 cm³/mol. The third kappa shape index (κ3) is 4.37. The Morgan fingerprint density at radius 2 is 1.98 bits per heavy atom. The maximum absolute atomic E-state index is 14.1. The number of hydrogen-bond donors (Lipinski definition) is 3. The number of aromatic nitrogens is 2. The minimum atomic E-state index is -1.90. The zero-order valence-electron chi connectivity index (χ0n) is 24.5. The molecule has 1 amide bonds. The van der Waals surface area contributed by atoms with Crippen LogP contribution in [-0.2, 0) is 32.1 Å². The van der Waals surface area contributed by atoms with Gasteiger partial charge < -0.3 is 19.8 Å². The number of benzene rings is 2. The molecule has 4 atom stereocenters. The van der Waals surface area contributed by atoms with Crippen LogP contribution in [0.2, 0.25) is 0 Å². The molecule has 4 aromatic rings. The zero-order chi connectivity index (χ0) is 31.8. The lowest BCUT2D eigenvalue weighted by Crippen LogP contribution is -2.62. The Morgan fingerprint density at radius 1 is 1.18 bits per heavy atom. The van der Waals surface area contributed by atoms with Gasteiger partial charge in [0.25, 0.3) is 5.91 Å². The summed E-state index contributed by atoms with van der Waals surface area (Å²) in [6, 6.07) is 11.3. The lowest BCUT2D eigenvalue weighted by molar-refractivity contribution is -0.160. The summed E-state index contributed by atoms with van der Waals surface area (Å²) < 4.78 is 16.1. The molecule has 228 valence electrons. The molecule has 0 fully saturated rings. The van der Waals surface area contributed by atoms with Gasteiger partial charge >= 0.3 is 11.9 Å². The number of para-hydroxylation sites is 1. The molecule has 3 aliphatic rings. The van der Waals surface area contributed by atoms with Crippen LogP contribution in [0.15, 0.2) is 77.6 Å². The van der Waals surface area contributed by atoms with Crippen LogP contribution < -0.4 is 0 Å². The number of fused-ring (bicyclic) bond motifs is 2. The Balaban J connectivity index is 1.45. The molecule has 3 unspecified atom stereocenters. The minimum Gasteiger partial charge on any atom is -0.481 e. The standard InChI is InChI=1S/C34H29FN4O6/c1-34(33(44)45,14-26(41)42)38(2)31(19-12-18-5-3-4-17-10-11-39(16-19)30(17)18)29-25(40)9-8-23-28(29)27(32(43)37-23)22-15-36-24-13-20(35)6-7-21(22)24/h3-11,13,15,19,29,31,36H,12,14,16H2,1-2H3,(H,41,42)(H,44,45)/t19?,29?,31?,34-/m0/s1. The number of carboxylic acid groups (broad SMARTS) is 2. The van der Waals surface area contributed by atoms with Gasteiger partial charge in [-0.05, 0) is 73.7 Å². The number of ketones is 1. The highest BCUT2D eigenvalue weighted by Gasteiger charge is 2.52. The first-order chi connectivity index (χ1) is 21.5. The van der Waals surface area contributed by atoms with Crippen LogP contribution in [-0.4, -0.2) is 72.6 Å². The van der Waals surface area contributed by atoms with Crippen LogP contribution in [0.25, 0.3) is 27.4 Å². The first-order valence-corrected chi connectivity index (χ1v) is 14.6. The van der Waals surface area contributed by atoms with Crippen molar-refractivity contribution < 1.29 is 33.8 Å². The van der Waals surface area contributed by atoms with Crippen LogP contribution in [0, 0.1) is 17.7 Å². The molecule has 11 heteroatoms. The molecule has 0 bridgehead atoms. The number of amides is 1. The lowest BCUT2D eigenvalue weighted by atomic mass is 9.70. The summed E-state index contributed by atoms with van der Waals surface area (Å²) in [5.41, 5.74) is 1.91. The average molecular weight is 609 g/mol. The molecule has 0 saturated carbocycles. The topological polar surface area (TPSA) is 145 Å². The second-order valence-corrected chi connectivity index (χ2v) is 12.2. The maximum atomic E-state index is 14.1. The summed E-state index contributed by atoms with van der Waals surface area (Å²) in [5, 5.41) is 21.9. The van der Waals surface area contributed by atoms with Crippen LogP contribution in [0.4, 0.5) is 4.39 Å². The van der Waals surface area contributed by atoms with Gasteiger partial charge in [-0.15, -0.1) is 0 Å². The number of aromatic amines is 1. The zero-order valence-corrected chi connectivity index (χ0v) is 24.5. The summed E-state index contributed by atoms with van der Waals surface area (Å²) in [4.78, 5) is 61.4. The number of aliphatic carboxylic acids is 2. The monoisotopic (exact) mass is 608 g/mol. The average Bonchev–Trinajstić information content (AvgIpc) is 3.69.